The molecule has 1 N–H and O–H groups in total. The maximum Gasteiger partial charge on any atom is 0.341 e. The lowest BCUT2D eigenvalue weighted by atomic mass is 9.88. The maximum atomic E-state index is 12.7. The molecule has 0 bridgehead atoms. The van der Waals surface area contributed by atoms with Crippen molar-refractivity contribution in [3.63, 3.8) is 0 Å². The quantitative estimate of drug-likeness (QED) is 0.753. The lowest BCUT2D eigenvalue weighted by Crippen LogP contribution is -2.17. The van der Waals surface area contributed by atoms with Gasteiger partial charge < -0.3 is 10.1 Å². The molecule has 3 rings (SSSR count). The van der Waals surface area contributed by atoms with Crippen molar-refractivity contribution in [3.8, 4) is 0 Å². The first kappa shape index (κ1) is 18.6. The van der Waals surface area contributed by atoms with E-state index in [2.05, 4.69) is 12.2 Å². The molecule has 0 aliphatic heterocycles. The van der Waals surface area contributed by atoms with Gasteiger partial charge in [0.1, 0.15) is 5.00 Å². The van der Waals surface area contributed by atoms with Gasteiger partial charge in [0, 0.05) is 10.4 Å². The Morgan fingerprint density at radius 2 is 2.08 bits per heavy atom. The standard InChI is InChI=1S/C21H25NO3S/c1-4-11-25-21(24)18-16-10-9-13(2)12-17(16)26-20(18)22-19(23)15-8-6-5-7-14(15)3/h5-8,13H,4,9-12H2,1-3H3,(H,22,23). The second kappa shape index (κ2) is 8.04. The molecule has 1 amide bonds. The van der Waals surface area contributed by atoms with Crippen molar-refractivity contribution in [1.29, 1.82) is 0 Å². The van der Waals surface area contributed by atoms with Crippen LogP contribution in [0, 0.1) is 12.8 Å². The van der Waals surface area contributed by atoms with Crippen LogP contribution in [0.1, 0.15) is 63.4 Å². The number of amides is 1. The van der Waals surface area contributed by atoms with Crippen LogP contribution in [-0.4, -0.2) is 18.5 Å². The molecule has 1 unspecified atom stereocenters. The van der Waals surface area contributed by atoms with Crippen molar-refractivity contribution < 1.29 is 14.3 Å². The fourth-order valence-electron chi connectivity index (χ4n) is 3.32. The Morgan fingerprint density at radius 1 is 1.31 bits per heavy atom. The van der Waals surface area contributed by atoms with Crippen LogP contribution in [-0.2, 0) is 17.6 Å². The highest BCUT2D eigenvalue weighted by Crippen LogP contribution is 2.40. The average Bonchev–Trinajstić information content (AvgIpc) is 2.96. The topological polar surface area (TPSA) is 55.4 Å². The first-order valence-electron chi connectivity index (χ1n) is 9.19. The first-order chi connectivity index (χ1) is 12.5. The van der Waals surface area contributed by atoms with Gasteiger partial charge in [-0.05, 0) is 55.7 Å². The Labute approximate surface area is 158 Å². The van der Waals surface area contributed by atoms with Gasteiger partial charge in [-0.15, -0.1) is 11.3 Å². The molecule has 1 aliphatic carbocycles. The monoisotopic (exact) mass is 371 g/mol. The number of thiophene rings is 1. The second-order valence-corrected chi connectivity index (χ2v) is 8.07. The minimum absolute atomic E-state index is 0.181. The van der Waals surface area contributed by atoms with E-state index < -0.39 is 0 Å². The molecule has 0 radical (unpaired) electrons. The molecule has 26 heavy (non-hydrogen) atoms. The van der Waals surface area contributed by atoms with Crippen molar-refractivity contribution in [2.75, 3.05) is 11.9 Å². The van der Waals surface area contributed by atoms with Crippen molar-refractivity contribution in [2.24, 2.45) is 5.92 Å². The van der Waals surface area contributed by atoms with Gasteiger partial charge in [0.2, 0.25) is 0 Å². The van der Waals surface area contributed by atoms with Gasteiger partial charge in [-0.3, -0.25) is 4.79 Å². The van der Waals surface area contributed by atoms with Crippen LogP contribution in [0.25, 0.3) is 0 Å². The Balaban J connectivity index is 1.94. The largest absolute Gasteiger partial charge is 0.462 e. The first-order valence-corrected chi connectivity index (χ1v) is 10.0. The summed E-state index contributed by atoms with van der Waals surface area (Å²) in [5, 5.41) is 3.60. The van der Waals surface area contributed by atoms with Gasteiger partial charge in [0.15, 0.2) is 0 Å². The minimum atomic E-state index is -0.320. The molecule has 0 saturated heterocycles. The number of carbonyl (C=O) groups excluding carboxylic acids is 2. The zero-order valence-corrected chi connectivity index (χ0v) is 16.4. The van der Waals surface area contributed by atoms with E-state index in [0.717, 1.165) is 36.8 Å². The Kier molecular flexibility index (Phi) is 5.77. The number of ether oxygens (including phenoxy) is 1. The van der Waals surface area contributed by atoms with E-state index in [0.29, 0.717) is 28.7 Å². The van der Waals surface area contributed by atoms with E-state index in [9.17, 15) is 9.59 Å². The summed E-state index contributed by atoms with van der Waals surface area (Å²) in [7, 11) is 0. The summed E-state index contributed by atoms with van der Waals surface area (Å²) in [6.45, 7) is 6.50. The molecule has 1 atom stereocenters. The van der Waals surface area contributed by atoms with E-state index in [-0.39, 0.29) is 11.9 Å². The fraction of sp³-hybridized carbons (Fsp3) is 0.429. The smallest absolute Gasteiger partial charge is 0.341 e. The number of nitrogens with one attached hydrogen (secondary N) is 1. The summed E-state index contributed by atoms with van der Waals surface area (Å²) in [4.78, 5) is 26.6. The number of fused-ring (bicyclic) bond motifs is 1. The molecule has 0 saturated carbocycles. The van der Waals surface area contributed by atoms with Crippen LogP contribution >= 0.6 is 11.3 Å². The molecule has 0 fully saturated rings. The average molecular weight is 372 g/mol. The zero-order valence-electron chi connectivity index (χ0n) is 15.6. The van der Waals surface area contributed by atoms with Gasteiger partial charge >= 0.3 is 5.97 Å². The second-order valence-electron chi connectivity index (χ2n) is 6.96. The summed E-state index contributed by atoms with van der Waals surface area (Å²) in [6.07, 6.45) is 3.65. The number of aryl methyl sites for hydroxylation is 1. The van der Waals surface area contributed by atoms with Crippen molar-refractivity contribution >= 4 is 28.2 Å². The van der Waals surface area contributed by atoms with Gasteiger partial charge in [-0.25, -0.2) is 4.79 Å². The third-order valence-electron chi connectivity index (χ3n) is 4.77. The third-order valence-corrected chi connectivity index (χ3v) is 5.94. The summed E-state index contributed by atoms with van der Waals surface area (Å²) >= 11 is 1.52. The van der Waals surface area contributed by atoms with Crippen LogP contribution in [0.5, 0.6) is 0 Å². The highest BCUT2D eigenvalue weighted by atomic mass is 32.1. The van der Waals surface area contributed by atoms with Crippen LogP contribution in [0.4, 0.5) is 5.00 Å². The van der Waals surface area contributed by atoms with Crippen LogP contribution < -0.4 is 5.32 Å². The highest BCUT2D eigenvalue weighted by Gasteiger charge is 2.29. The molecule has 5 heteroatoms. The van der Waals surface area contributed by atoms with Gasteiger partial charge in [-0.2, -0.15) is 0 Å². The Morgan fingerprint density at radius 3 is 2.81 bits per heavy atom. The normalized spacial score (nSPS) is 16.0. The maximum absolute atomic E-state index is 12.7. The van der Waals surface area contributed by atoms with E-state index >= 15 is 0 Å². The molecular formula is C21H25NO3S. The number of rotatable bonds is 5. The third kappa shape index (κ3) is 3.83. The number of benzene rings is 1. The number of esters is 1. The molecule has 1 aliphatic rings. The van der Waals surface area contributed by atoms with Gasteiger partial charge in [-0.1, -0.05) is 32.0 Å². The molecular weight excluding hydrogens is 346 g/mol. The van der Waals surface area contributed by atoms with E-state index in [1.807, 2.05) is 32.0 Å². The number of anilines is 1. The molecule has 2 aromatic rings. The van der Waals surface area contributed by atoms with Crippen LogP contribution in [0.15, 0.2) is 24.3 Å². The van der Waals surface area contributed by atoms with Crippen molar-refractivity contribution in [1.82, 2.24) is 0 Å². The Bertz CT molecular complexity index is 825. The number of carbonyl (C=O) groups is 2. The molecule has 4 nitrogen and oxygen atoms in total. The SMILES string of the molecule is CCCOC(=O)c1c(NC(=O)c2ccccc2C)sc2c1CCC(C)C2. The molecule has 138 valence electrons. The highest BCUT2D eigenvalue weighted by molar-refractivity contribution is 7.17. The molecule has 1 aromatic carbocycles. The summed E-state index contributed by atoms with van der Waals surface area (Å²) in [6, 6.07) is 7.46. The van der Waals surface area contributed by atoms with E-state index in [1.54, 1.807) is 6.07 Å². The predicted molar refractivity (Wildman–Crippen MR) is 105 cm³/mol. The summed E-state index contributed by atoms with van der Waals surface area (Å²) in [5.41, 5.74) is 3.16. The molecule has 1 aromatic heterocycles. The lowest BCUT2D eigenvalue weighted by Gasteiger charge is -2.18. The Hall–Kier alpha value is -2.14. The van der Waals surface area contributed by atoms with Gasteiger partial charge in [0.05, 0.1) is 12.2 Å². The van der Waals surface area contributed by atoms with Crippen LogP contribution in [0.3, 0.4) is 0 Å². The van der Waals surface area contributed by atoms with Crippen molar-refractivity contribution in [2.45, 2.75) is 46.5 Å². The lowest BCUT2D eigenvalue weighted by molar-refractivity contribution is 0.0505. The summed E-state index contributed by atoms with van der Waals surface area (Å²) < 4.78 is 5.40. The zero-order chi connectivity index (χ0) is 18.7. The number of hydrogen-bond donors (Lipinski definition) is 1. The van der Waals surface area contributed by atoms with E-state index in [4.69, 9.17) is 4.74 Å². The molecule has 0 spiro atoms. The van der Waals surface area contributed by atoms with Crippen molar-refractivity contribution in [3.05, 3.63) is 51.4 Å². The van der Waals surface area contributed by atoms with Gasteiger partial charge in [0.25, 0.3) is 5.91 Å². The predicted octanol–water partition coefficient (Wildman–Crippen LogP) is 5.00. The van der Waals surface area contributed by atoms with E-state index in [1.165, 1.54) is 16.2 Å². The minimum Gasteiger partial charge on any atom is -0.462 e. The fourth-order valence-corrected chi connectivity index (χ4v) is 4.71. The number of hydrogen-bond acceptors (Lipinski definition) is 4. The van der Waals surface area contributed by atoms with Crippen LogP contribution in [0.2, 0.25) is 0 Å². The molecule has 1 heterocycles. The summed E-state index contributed by atoms with van der Waals surface area (Å²) in [5.74, 6) is 0.0962.